The fourth-order valence-electron chi connectivity index (χ4n) is 2.40. The second kappa shape index (κ2) is 6.86. The lowest BCUT2D eigenvalue weighted by molar-refractivity contribution is -0.384. The van der Waals surface area contributed by atoms with Crippen LogP contribution in [0.4, 0.5) is 11.4 Å². The molecule has 1 aromatic rings. The minimum absolute atomic E-state index is 0.000531. The number of likely N-dealkylation sites (N-methyl/N-ethyl adjacent to an activating group) is 1. The van der Waals surface area contributed by atoms with Gasteiger partial charge in [-0.05, 0) is 19.1 Å². The molecule has 0 saturated carbocycles. The summed E-state index contributed by atoms with van der Waals surface area (Å²) in [6.07, 6.45) is 0. The zero-order valence-electron chi connectivity index (χ0n) is 11.6. The van der Waals surface area contributed by atoms with E-state index in [1.807, 2.05) is 6.92 Å². The van der Waals surface area contributed by atoms with E-state index in [-0.39, 0.29) is 11.6 Å². The van der Waals surface area contributed by atoms with Crippen LogP contribution in [0.15, 0.2) is 22.7 Å². The molecule has 7 nitrogen and oxygen atoms in total. The minimum atomic E-state index is -0.446. The van der Waals surface area contributed by atoms with Gasteiger partial charge in [0.25, 0.3) is 5.69 Å². The Bertz CT molecular complexity index is 552. The first kappa shape index (κ1) is 15.7. The van der Waals surface area contributed by atoms with Crippen LogP contribution >= 0.6 is 15.9 Å². The maximum absolute atomic E-state index is 12.2. The maximum Gasteiger partial charge on any atom is 0.293 e. The Hall–Kier alpha value is -1.67. The summed E-state index contributed by atoms with van der Waals surface area (Å²) in [5, 5.41) is 17.2. The highest BCUT2D eigenvalue weighted by molar-refractivity contribution is 9.10. The van der Waals surface area contributed by atoms with E-state index >= 15 is 0 Å². The van der Waals surface area contributed by atoms with Crippen LogP contribution in [0.5, 0.6) is 0 Å². The molecule has 1 aliphatic rings. The Kier molecular flexibility index (Phi) is 5.13. The van der Waals surface area contributed by atoms with Crippen LogP contribution in [0.1, 0.15) is 6.92 Å². The first-order chi connectivity index (χ1) is 10.0. The standard InChI is InChI=1S/C13H17BrN4O3/c1-2-16-13(19)12-8-15-5-6-17(12)10-4-3-9(14)7-11(10)18(20)21/h3-4,7,12,15H,2,5-6,8H2,1H3,(H,16,19). The highest BCUT2D eigenvalue weighted by Crippen LogP contribution is 2.32. The molecule has 1 aromatic carbocycles. The van der Waals surface area contributed by atoms with Crippen molar-refractivity contribution >= 4 is 33.2 Å². The lowest BCUT2D eigenvalue weighted by Crippen LogP contribution is -2.58. The van der Waals surface area contributed by atoms with E-state index < -0.39 is 11.0 Å². The number of nitrogens with one attached hydrogen (secondary N) is 2. The van der Waals surface area contributed by atoms with Gasteiger partial charge in [-0.1, -0.05) is 15.9 Å². The van der Waals surface area contributed by atoms with Gasteiger partial charge in [0.15, 0.2) is 0 Å². The van der Waals surface area contributed by atoms with Gasteiger partial charge in [-0.15, -0.1) is 0 Å². The van der Waals surface area contributed by atoms with E-state index in [9.17, 15) is 14.9 Å². The fourth-order valence-corrected chi connectivity index (χ4v) is 2.75. The van der Waals surface area contributed by atoms with Crippen molar-refractivity contribution in [3.05, 3.63) is 32.8 Å². The molecule has 2 rings (SSSR count). The van der Waals surface area contributed by atoms with Crippen molar-refractivity contribution in [2.24, 2.45) is 0 Å². The molecule has 0 radical (unpaired) electrons. The van der Waals surface area contributed by atoms with Gasteiger partial charge >= 0.3 is 0 Å². The van der Waals surface area contributed by atoms with E-state index in [0.717, 1.165) is 0 Å². The number of amides is 1. The van der Waals surface area contributed by atoms with Crippen LogP contribution in [-0.2, 0) is 4.79 Å². The molecule has 1 fully saturated rings. The zero-order valence-corrected chi connectivity index (χ0v) is 13.2. The van der Waals surface area contributed by atoms with Crippen molar-refractivity contribution in [3.8, 4) is 0 Å². The third-order valence-corrected chi connectivity index (χ3v) is 3.83. The fraction of sp³-hybridized carbons (Fsp3) is 0.462. The summed E-state index contributed by atoms with van der Waals surface area (Å²) in [7, 11) is 0. The van der Waals surface area contributed by atoms with E-state index in [0.29, 0.717) is 36.3 Å². The van der Waals surface area contributed by atoms with Crippen LogP contribution in [-0.4, -0.2) is 43.1 Å². The van der Waals surface area contributed by atoms with Crippen molar-refractivity contribution in [2.45, 2.75) is 13.0 Å². The summed E-state index contributed by atoms with van der Waals surface area (Å²) in [4.78, 5) is 24.8. The van der Waals surface area contributed by atoms with Crippen molar-refractivity contribution in [3.63, 3.8) is 0 Å². The molecule has 0 aromatic heterocycles. The Balaban J connectivity index is 2.37. The van der Waals surface area contributed by atoms with E-state index in [2.05, 4.69) is 26.6 Å². The number of carbonyl (C=O) groups is 1. The molecular formula is C13H17BrN4O3. The molecule has 21 heavy (non-hydrogen) atoms. The lowest BCUT2D eigenvalue weighted by atomic mass is 10.1. The van der Waals surface area contributed by atoms with E-state index in [4.69, 9.17) is 0 Å². The molecule has 1 unspecified atom stereocenters. The second-order valence-electron chi connectivity index (χ2n) is 4.70. The number of nitrogens with zero attached hydrogens (tertiary/aromatic N) is 2. The Morgan fingerprint density at radius 3 is 3.05 bits per heavy atom. The highest BCUT2D eigenvalue weighted by Gasteiger charge is 2.32. The van der Waals surface area contributed by atoms with Crippen molar-refractivity contribution < 1.29 is 9.72 Å². The van der Waals surface area contributed by atoms with Crippen LogP contribution in [0.25, 0.3) is 0 Å². The Morgan fingerprint density at radius 2 is 2.38 bits per heavy atom. The highest BCUT2D eigenvalue weighted by atomic mass is 79.9. The summed E-state index contributed by atoms with van der Waals surface area (Å²) in [6.45, 7) is 4.08. The number of rotatable bonds is 4. The van der Waals surface area contributed by atoms with Crippen molar-refractivity contribution in [1.82, 2.24) is 10.6 Å². The molecule has 1 aliphatic heterocycles. The minimum Gasteiger partial charge on any atom is -0.355 e. The number of hydrogen-bond acceptors (Lipinski definition) is 5. The van der Waals surface area contributed by atoms with Gasteiger partial charge < -0.3 is 15.5 Å². The number of anilines is 1. The molecule has 1 heterocycles. The first-order valence-electron chi connectivity index (χ1n) is 6.73. The molecule has 8 heteroatoms. The molecule has 0 bridgehead atoms. The van der Waals surface area contributed by atoms with Crippen LogP contribution in [0.2, 0.25) is 0 Å². The van der Waals surface area contributed by atoms with Crippen molar-refractivity contribution in [1.29, 1.82) is 0 Å². The molecule has 0 spiro atoms. The normalized spacial score (nSPS) is 18.4. The van der Waals surface area contributed by atoms with E-state index in [1.165, 1.54) is 6.07 Å². The molecule has 1 atom stereocenters. The van der Waals surface area contributed by atoms with Crippen LogP contribution in [0, 0.1) is 10.1 Å². The largest absolute Gasteiger partial charge is 0.355 e. The van der Waals surface area contributed by atoms with Crippen molar-refractivity contribution in [2.75, 3.05) is 31.1 Å². The summed E-state index contributed by atoms with van der Waals surface area (Å²) < 4.78 is 0.641. The SMILES string of the molecule is CCNC(=O)C1CNCCN1c1ccc(Br)cc1[N+](=O)[O-]. The molecule has 1 saturated heterocycles. The number of benzene rings is 1. The summed E-state index contributed by atoms with van der Waals surface area (Å²) in [6, 6.07) is 4.45. The van der Waals surface area contributed by atoms with Gasteiger partial charge in [0.1, 0.15) is 11.7 Å². The maximum atomic E-state index is 12.2. The number of carbonyl (C=O) groups excluding carboxylic acids is 1. The molecule has 114 valence electrons. The summed E-state index contributed by atoms with van der Waals surface area (Å²) >= 11 is 3.24. The van der Waals surface area contributed by atoms with Crippen LogP contribution < -0.4 is 15.5 Å². The Morgan fingerprint density at radius 1 is 1.62 bits per heavy atom. The van der Waals surface area contributed by atoms with Gasteiger partial charge in [-0.3, -0.25) is 14.9 Å². The molecule has 1 amide bonds. The number of hydrogen-bond donors (Lipinski definition) is 2. The predicted octanol–water partition coefficient (Wildman–Crippen LogP) is 1.27. The summed E-state index contributed by atoms with van der Waals surface area (Å²) in [5.74, 6) is -0.123. The first-order valence-corrected chi connectivity index (χ1v) is 7.53. The summed E-state index contributed by atoms with van der Waals surface area (Å²) in [5.41, 5.74) is 0.474. The second-order valence-corrected chi connectivity index (χ2v) is 5.61. The third-order valence-electron chi connectivity index (χ3n) is 3.34. The number of nitro groups is 1. The van der Waals surface area contributed by atoms with Gasteiger partial charge in [0.2, 0.25) is 5.91 Å². The third kappa shape index (κ3) is 3.51. The number of halogens is 1. The predicted molar refractivity (Wildman–Crippen MR) is 83.5 cm³/mol. The average molecular weight is 357 g/mol. The van der Waals surface area contributed by atoms with Crippen LogP contribution in [0.3, 0.4) is 0 Å². The molecule has 0 aliphatic carbocycles. The molecular weight excluding hydrogens is 340 g/mol. The Labute approximate surface area is 131 Å². The number of piperazine rings is 1. The zero-order chi connectivity index (χ0) is 15.4. The van der Waals surface area contributed by atoms with Gasteiger partial charge in [0, 0.05) is 36.7 Å². The van der Waals surface area contributed by atoms with Gasteiger partial charge in [-0.25, -0.2) is 0 Å². The lowest BCUT2D eigenvalue weighted by Gasteiger charge is -2.36. The topological polar surface area (TPSA) is 87.5 Å². The monoisotopic (exact) mass is 356 g/mol. The van der Waals surface area contributed by atoms with Gasteiger partial charge in [0.05, 0.1) is 4.92 Å². The smallest absolute Gasteiger partial charge is 0.293 e. The quantitative estimate of drug-likeness (QED) is 0.626. The number of nitro benzene ring substituents is 1. The average Bonchev–Trinajstić information content (AvgIpc) is 2.47. The van der Waals surface area contributed by atoms with Gasteiger partial charge in [-0.2, -0.15) is 0 Å². The molecule has 2 N–H and O–H groups in total. The van der Waals surface area contributed by atoms with E-state index in [1.54, 1.807) is 17.0 Å².